The lowest BCUT2D eigenvalue weighted by molar-refractivity contribution is -0.116. The van der Waals surface area contributed by atoms with Crippen LogP contribution in [0.3, 0.4) is 0 Å². The maximum absolute atomic E-state index is 12.9. The lowest BCUT2D eigenvalue weighted by Crippen LogP contribution is -2.24. The van der Waals surface area contributed by atoms with E-state index in [1.807, 2.05) is 0 Å². The van der Waals surface area contributed by atoms with Gasteiger partial charge in [0.15, 0.2) is 17.3 Å². The van der Waals surface area contributed by atoms with E-state index in [-0.39, 0.29) is 17.3 Å². The van der Waals surface area contributed by atoms with Crippen molar-refractivity contribution in [2.75, 3.05) is 0 Å². The van der Waals surface area contributed by atoms with Crippen LogP contribution in [-0.2, 0) is 4.79 Å². The lowest BCUT2D eigenvalue weighted by atomic mass is 9.73. The fourth-order valence-corrected chi connectivity index (χ4v) is 5.35. The number of allylic oxidation sites excluding steroid dienone is 2. The molecule has 0 amide bonds. The summed E-state index contributed by atoms with van der Waals surface area (Å²) >= 11 is 0. The Kier molecular flexibility index (Phi) is 5.38. The predicted octanol–water partition coefficient (Wildman–Crippen LogP) is 5.34. The highest BCUT2D eigenvalue weighted by molar-refractivity contribution is 6.26. The topological polar surface area (TPSA) is 51.2 Å². The molecule has 0 N–H and O–H groups in total. The van der Waals surface area contributed by atoms with E-state index < -0.39 is 5.92 Å². The highest BCUT2D eigenvalue weighted by atomic mass is 16.2. The summed E-state index contributed by atoms with van der Waals surface area (Å²) < 4.78 is 0. The van der Waals surface area contributed by atoms with Crippen molar-refractivity contribution in [2.45, 2.75) is 64.2 Å². The molecule has 0 saturated heterocycles. The summed E-state index contributed by atoms with van der Waals surface area (Å²) in [4.78, 5) is 37.9. The van der Waals surface area contributed by atoms with Crippen LogP contribution >= 0.6 is 0 Å². The minimum absolute atomic E-state index is 0.0657. The number of hydrogen-bond acceptors (Lipinski definition) is 3. The van der Waals surface area contributed by atoms with Crippen LogP contribution in [0.15, 0.2) is 35.9 Å². The largest absolute Gasteiger partial charge is 0.295 e. The summed E-state index contributed by atoms with van der Waals surface area (Å²) in [6.07, 6.45) is 12.2. The van der Waals surface area contributed by atoms with Gasteiger partial charge in [-0.3, -0.25) is 14.4 Å². The fraction of sp³-hybridized carbons (Fsp3) is 0.542. The van der Waals surface area contributed by atoms with Gasteiger partial charge in [0.05, 0.1) is 5.92 Å². The van der Waals surface area contributed by atoms with Gasteiger partial charge < -0.3 is 0 Å². The number of carbonyl (C=O) groups is 3. The monoisotopic (exact) mass is 364 g/mol. The molecule has 1 fully saturated rings. The Hall–Kier alpha value is -2.03. The van der Waals surface area contributed by atoms with Gasteiger partial charge in [0, 0.05) is 17.5 Å². The van der Waals surface area contributed by atoms with Crippen LogP contribution < -0.4 is 0 Å². The van der Waals surface area contributed by atoms with E-state index >= 15 is 0 Å². The Labute approximate surface area is 161 Å². The van der Waals surface area contributed by atoms with Crippen molar-refractivity contribution in [1.29, 1.82) is 0 Å². The SMILES string of the molecule is O=C(CCCC1C(=O)c2ccccc2C1=O)C1=CCCCC2CCCCC12. The van der Waals surface area contributed by atoms with Gasteiger partial charge in [-0.1, -0.05) is 43.2 Å². The lowest BCUT2D eigenvalue weighted by Gasteiger charge is -2.31. The molecule has 0 aromatic heterocycles. The minimum Gasteiger partial charge on any atom is -0.295 e. The number of hydrogen-bond donors (Lipinski definition) is 0. The fourth-order valence-electron chi connectivity index (χ4n) is 5.35. The third-order valence-electron chi connectivity index (χ3n) is 6.76. The molecule has 27 heavy (non-hydrogen) atoms. The third kappa shape index (κ3) is 3.56. The molecule has 2 atom stereocenters. The smallest absolute Gasteiger partial charge is 0.174 e. The predicted molar refractivity (Wildman–Crippen MR) is 105 cm³/mol. The summed E-state index contributed by atoms with van der Waals surface area (Å²) in [5.41, 5.74) is 2.16. The van der Waals surface area contributed by atoms with Crippen molar-refractivity contribution in [3.63, 3.8) is 0 Å². The zero-order valence-corrected chi connectivity index (χ0v) is 15.9. The normalized spacial score (nSPS) is 25.6. The van der Waals surface area contributed by atoms with Gasteiger partial charge in [0.2, 0.25) is 0 Å². The summed E-state index contributed by atoms with van der Waals surface area (Å²) in [6, 6.07) is 7.07. The molecular weight excluding hydrogens is 336 g/mol. The van der Waals surface area contributed by atoms with Crippen LogP contribution in [0.4, 0.5) is 0 Å². The molecule has 0 bridgehead atoms. The molecule has 1 aromatic rings. The highest BCUT2D eigenvalue weighted by Crippen LogP contribution is 2.41. The highest BCUT2D eigenvalue weighted by Gasteiger charge is 2.38. The first-order valence-corrected chi connectivity index (χ1v) is 10.6. The van der Waals surface area contributed by atoms with Gasteiger partial charge in [-0.2, -0.15) is 0 Å². The zero-order chi connectivity index (χ0) is 18.8. The van der Waals surface area contributed by atoms with Crippen molar-refractivity contribution in [3.05, 3.63) is 47.0 Å². The van der Waals surface area contributed by atoms with E-state index in [1.54, 1.807) is 24.3 Å². The average Bonchev–Trinajstić information content (AvgIpc) is 2.85. The second kappa shape index (κ2) is 7.92. The summed E-state index contributed by atoms with van der Waals surface area (Å²) in [6.45, 7) is 0. The number of carbonyl (C=O) groups excluding carboxylic acids is 3. The molecule has 1 saturated carbocycles. The van der Waals surface area contributed by atoms with Crippen molar-refractivity contribution >= 4 is 17.3 Å². The summed E-state index contributed by atoms with van der Waals surface area (Å²) in [7, 11) is 0. The van der Waals surface area contributed by atoms with Crippen molar-refractivity contribution in [3.8, 4) is 0 Å². The molecule has 2 unspecified atom stereocenters. The van der Waals surface area contributed by atoms with Gasteiger partial charge in [-0.15, -0.1) is 0 Å². The molecule has 1 aromatic carbocycles. The quantitative estimate of drug-likeness (QED) is 0.663. The van der Waals surface area contributed by atoms with Crippen LogP contribution in [0.1, 0.15) is 84.9 Å². The summed E-state index contributed by atoms with van der Waals surface area (Å²) in [5.74, 6) is 0.676. The van der Waals surface area contributed by atoms with E-state index in [0.29, 0.717) is 42.2 Å². The molecule has 0 radical (unpaired) electrons. The molecule has 0 heterocycles. The first-order chi connectivity index (χ1) is 13.2. The van der Waals surface area contributed by atoms with E-state index in [1.165, 1.54) is 32.1 Å². The molecular formula is C24H28O3. The van der Waals surface area contributed by atoms with E-state index in [4.69, 9.17) is 0 Å². The van der Waals surface area contributed by atoms with Crippen LogP contribution in [0, 0.1) is 17.8 Å². The molecule has 0 aliphatic heterocycles. The Morgan fingerprint density at radius 2 is 1.59 bits per heavy atom. The zero-order valence-electron chi connectivity index (χ0n) is 15.9. The summed E-state index contributed by atoms with van der Waals surface area (Å²) in [5, 5.41) is 0. The molecule has 3 aliphatic rings. The number of fused-ring (bicyclic) bond motifs is 2. The Balaban J connectivity index is 1.37. The van der Waals surface area contributed by atoms with Crippen molar-refractivity contribution in [1.82, 2.24) is 0 Å². The number of ketones is 3. The minimum atomic E-state index is -0.583. The third-order valence-corrected chi connectivity index (χ3v) is 6.76. The second-order valence-electron chi connectivity index (χ2n) is 8.38. The Morgan fingerprint density at radius 1 is 0.926 bits per heavy atom. The van der Waals surface area contributed by atoms with Crippen LogP contribution in [0.2, 0.25) is 0 Å². The molecule has 3 nitrogen and oxygen atoms in total. The molecule has 3 aliphatic carbocycles. The van der Waals surface area contributed by atoms with Crippen LogP contribution in [0.5, 0.6) is 0 Å². The van der Waals surface area contributed by atoms with Gasteiger partial charge in [-0.25, -0.2) is 0 Å². The average molecular weight is 364 g/mol. The Morgan fingerprint density at radius 3 is 2.33 bits per heavy atom. The molecule has 4 rings (SSSR count). The van der Waals surface area contributed by atoms with Gasteiger partial charge >= 0.3 is 0 Å². The van der Waals surface area contributed by atoms with E-state index in [0.717, 1.165) is 18.4 Å². The van der Waals surface area contributed by atoms with Gasteiger partial charge in [-0.05, 0) is 62.4 Å². The second-order valence-corrected chi connectivity index (χ2v) is 8.38. The standard InChI is InChI=1S/C24H28O3/c25-22(18-11-4-2-9-16-8-1-3-10-17(16)18)15-7-14-21-23(26)19-12-5-6-13-20(19)24(21)27/h5-6,11-13,16-17,21H,1-4,7-10,14-15H2. The molecule has 142 valence electrons. The van der Waals surface area contributed by atoms with Gasteiger partial charge in [0.1, 0.15) is 0 Å². The number of rotatable bonds is 5. The van der Waals surface area contributed by atoms with E-state index in [2.05, 4.69) is 6.08 Å². The maximum atomic E-state index is 12.9. The number of benzene rings is 1. The van der Waals surface area contributed by atoms with Crippen LogP contribution in [0.25, 0.3) is 0 Å². The Bertz CT molecular complexity index is 754. The first kappa shape index (κ1) is 18.3. The maximum Gasteiger partial charge on any atom is 0.174 e. The van der Waals surface area contributed by atoms with Crippen molar-refractivity contribution in [2.24, 2.45) is 17.8 Å². The molecule has 0 spiro atoms. The first-order valence-electron chi connectivity index (χ1n) is 10.6. The van der Waals surface area contributed by atoms with Gasteiger partial charge in [0.25, 0.3) is 0 Å². The van der Waals surface area contributed by atoms with Crippen molar-refractivity contribution < 1.29 is 14.4 Å². The molecule has 3 heteroatoms. The van der Waals surface area contributed by atoms with Crippen LogP contribution in [-0.4, -0.2) is 17.3 Å². The number of Topliss-reactive ketones (excluding diaryl/α,β-unsaturated/α-hetero) is 3. The van der Waals surface area contributed by atoms with E-state index in [9.17, 15) is 14.4 Å².